The van der Waals surface area contributed by atoms with Crippen molar-refractivity contribution in [3.8, 4) is 0 Å². The van der Waals surface area contributed by atoms with Crippen LogP contribution in [0.5, 0.6) is 0 Å². The van der Waals surface area contributed by atoms with E-state index in [1.807, 2.05) is 0 Å². The molecule has 4 heteroatoms. The second-order valence-electron chi connectivity index (χ2n) is 3.64. The first-order chi connectivity index (χ1) is 6.33. The third-order valence-electron chi connectivity index (χ3n) is 2.44. The molecule has 3 nitrogen and oxygen atoms in total. The minimum Gasteiger partial charge on any atom is -0.462 e. The zero-order valence-electron chi connectivity index (χ0n) is 8.54. The maximum atomic E-state index is 11.2. The molecule has 0 aromatic rings. The fourth-order valence-corrected chi connectivity index (χ4v) is 1.67. The summed E-state index contributed by atoms with van der Waals surface area (Å²) in [6.45, 7) is 0.569. The van der Waals surface area contributed by atoms with Crippen molar-refractivity contribution in [2.75, 3.05) is 6.54 Å². The number of hydrogen-bond acceptors (Lipinski definition) is 3. The lowest BCUT2D eigenvalue weighted by Gasteiger charge is -2.21. The highest BCUT2D eigenvalue weighted by atomic mass is 35.5. The molecule has 0 aliphatic heterocycles. The number of esters is 1. The van der Waals surface area contributed by atoms with E-state index < -0.39 is 0 Å². The van der Waals surface area contributed by atoms with Crippen LogP contribution < -0.4 is 5.73 Å². The first-order valence-corrected chi connectivity index (χ1v) is 5.22. The molecule has 1 rings (SSSR count). The van der Waals surface area contributed by atoms with Crippen LogP contribution in [0.4, 0.5) is 0 Å². The topological polar surface area (TPSA) is 52.3 Å². The fourth-order valence-electron chi connectivity index (χ4n) is 1.67. The van der Waals surface area contributed by atoms with Crippen molar-refractivity contribution in [2.45, 2.75) is 51.0 Å². The lowest BCUT2D eigenvalue weighted by atomic mass is 9.98. The molecule has 14 heavy (non-hydrogen) atoms. The van der Waals surface area contributed by atoms with Gasteiger partial charge in [-0.1, -0.05) is 6.42 Å². The maximum absolute atomic E-state index is 11.2. The van der Waals surface area contributed by atoms with Crippen LogP contribution in [-0.4, -0.2) is 18.6 Å². The monoisotopic (exact) mass is 221 g/mol. The molecule has 0 unspecified atom stereocenters. The van der Waals surface area contributed by atoms with Crippen molar-refractivity contribution in [3.05, 3.63) is 0 Å². The fraction of sp³-hybridized carbons (Fsp3) is 0.900. The van der Waals surface area contributed by atoms with Gasteiger partial charge >= 0.3 is 5.97 Å². The molecule has 0 heterocycles. The van der Waals surface area contributed by atoms with E-state index in [1.54, 1.807) is 0 Å². The van der Waals surface area contributed by atoms with Crippen LogP contribution >= 0.6 is 12.4 Å². The third-order valence-corrected chi connectivity index (χ3v) is 2.44. The highest BCUT2D eigenvalue weighted by molar-refractivity contribution is 5.85. The van der Waals surface area contributed by atoms with Crippen molar-refractivity contribution in [2.24, 2.45) is 5.73 Å². The summed E-state index contributed by atoms with van der Waals surface area (Å²) in [6, 6.07) is 0. The van der Waals surface area contributed by atoms with Gasteiger partial charge < -0.3 is 10.5 Å². The molecule has 1 aliphatic carbocycles. The third kappa shape index (κ3) is 5.45. The zero-order chi connectivity index (χ0) is 9.52. The quantitative estimate of drug-likeness (QED) is 0.739. The van der Waals surface area contributed by atoms with Gasteiger partial charge in [-0.3, -0.25) is 4.79 Å². The Kier molecular flexibility index (Phi) is 7.90. The van der Waals surface area contributed by atoms with E-state index in [2.05, 4.69) is 0 Å². The van der Waals surface area contributed by atoms with Crippen molar-refractivity contribution in [1.82, 2.24) is 0 Å². The van der Waals surface area contributed by atoms with Crippen LogP contribution in [0, 0.1) is 0 Å². The molecule has 1 aliphatic rings. The summed E-state index contributed by atoms with van der Waals surface area (Å²) in [5, 5.41) is 0. The summed E-state index contributed by atoms with van der Waals surface area (Å²) in [4.78, 5) is 11.2. The van der Waals surface area contributed by atoms with Crippen LogP contribution in [0.2, 0.25) is 0 Å². The van der Waals surface area contributed by atoms with Gasteiger partial charge in [0.05, 0.1) is 0 Å². The van der Waals surface area contributed by atoms with E-state index in [9.17, 15) is 4.79 Å². The predicted octanol–water partition coefficient (Wildman–Crippen LogP) is 2.02. The SMILES string of the molecule is Cl.NCCCC(=O)OC1CCCCC1. The van der Waals surface area contributed by atoms with Crippen LogP contribution in [-0.2, 0) is 9.53 Å². The Morgan fingerprint density at radius 1 is 1.29 bits per heavy atom. The normalized spacial score (nSPS) is 17.2. The van der Waals surface area contributed by atoms with Gasteiger partial charge in [0.2, 0.25) is 0 Å². The number of carbonyl (C=O) groups is 1. The van der Waals surface area contributed by atoms with Gasteiger partial charge in [-0.15, -0.1) is 12.4 Å². The second kappa shape index (κ2) is 8.06. The van der Waals surface area contributed by atoms with Gasteiger partial charge in [0.1, 0.15) is 6.10 Å². The van der Waals surface area contributed by atoms with Crippen molar-refractivity contribution < 1.29 is 9.53 Å². The first kappa shape index (κ1) is 13.7. The van der Waals surface area contributed by atoms with E-state index in [0.717, 1.165) is 19.3 Å². The Hall–Kier alpha value is -0.280. The van der Waals surface area contributed by atoms with Crippen molar-refractivity contribution in [3.63, 3.8) is 0 Å². The van der Waals surface area contributed by atoms with Gasteiger partial charge in [-0.05, 0) is 38.6 Å². The van der Waals surface area contributed by atoms with E-state index in [-0.39, 0.29) is 24.5 Å². The van der Waals surface area contributed by atoms with Gasteiger partial charge in [-0.25, -0.2) is 0 Å². The van der Waals surface area contributed by atoms with Gasteiger partial charge in [0.25, 0.3) is 0 Å². The van der Waals surface area contributed by atoms with Gasteiger partial charge in [-0.2, -0.15) is 0 Å². The molecule has 0 aromatic heterocycles. The van der Waals surface area contributed by atoms with E-state index in [1.165, 1.54) is 19.3 Å². The standard InChI is InChI=1S/C10H19NO2.ClH/c11-8-4-7-10(12)13-9-5-2-1-3-6-9;/h9H,1-8,11H2;1H. The second-order valence-corrected chi connectivity index (χ2v) is 3.64. The molecule has 0 radical (unpaired) electrons. The molecule has 1 saturated carbocycles. The molecule has 0 atom stereocenters. The van der Waals surface area contributed by atoms with Crippen LogP contribution in [0.25, 0.3) is 0 Å². The number of carbonyl (C=O) groups excluding carboxylic acids is 1. The lowest BCUT2D eigenvalue weighted by molar-refractivity contribution is -0.150. The molecular formula is C10H20ClNO2. The predicted molar refractivity (Wildman–Crippen MR) is 58.5 cm³/mol. The molecule has 0 aromatic carbocycles. The number of rotatable bonds is 4. The molecular weight excluding hydrogens is 202 g/mol. The average molecular weight is 222 g/mol. The number of hydrogen-bond donors (Lipinski definition) is 1. The Bertz CT molecular complexity index is 158. The maximum Gasteiger partial charge on any atom is 0.306 e. The molecule has 0 bridgehead atoms. The van der Waals surface area contributed by atoms with Crippen molar-refractivity contribution >= 4 is 18.4 Å². The summed E-state index contributed by atoms with van der Waals surface area (Å²) in [7, 11) is 0. The Morgan fingerprint density at radius 2 is 1.93 bits per heavy atom. The average Bonchev–Trinajstić information content (AvgIpc) is 2.16. The summed E-state index contributed by atoms with van der Waals surface area (Å²) in [5.41, 5.74) is 5.30. The summed E-state index contributed by atoms with van der Waals surface area (Å²) in [5.74, 6) is -0.0719. The highest BCUT2D eigenvalue weighted by Crippen LogP contribution is 2.20. The molecule has 0 amide bonds. The Morgan fingerprint density at radius 3 is 2.50 bits per heavy atom. The summed E-state index contributed by atoms with van der Waals surface area (Å²) in [6.07, 6.45) is 7.21. The Balaban J connectivity index is 0.00000169. The summed E-state index contributed by atoms with van der Waals surface area (Å²) < 4.78 is 5.30. The molecule has 1 fully saturated rings. The lowest BCUT2D eigenvalue weighted by Crippen LogP contribution is -2.21. The minimum absolute atomic E-state index is 0. The molecule has 0 saturated heterocycles. The molecule has 84 valence electrons. The van der Waals surface area contributed by atoms with Crippen LogP contribution in [0.3, 0.4) is 0 Å². The molecule has 2 N–H and O–H groups in total. The van der Waals surface area contributed by atoms with E-state index >= 15 is 0 Å². The summed E-state index contributed by atoms with van der Waals surface area (Å²) >= 11 is 0. The largest absolute Gasteiger partial charge is 0.462 e. The number of nitrogens with two attached hydrogens (primary N) is 1. The smallest absolute Gasteiger partial charge is 0.306 e. The Labute approximate surface area is 91.8 Å². The van der Waals surface area contributed by atoms with Crippen LogP contribution in [0.1, 0.15) is 44.9 Å². The number of halogens is 1. The van der Waals surface area contributed by atoms with Crippen LogP contribution in [0.15, 0.2) is 0 Å². The van der Waals surface area contributed by atoms with Gasteiger partial charge in [0.15, 0.2) is 0 Å². The van der Waals surface area contributed by atoms with E-state index in [0.29, 0.717) is 13.0 Å². The van der Waals surface area contributed by atoms with Gasteiger partial charge in [0, 0.05) is 6.42 Å². The zero-order valence-corrected chi connectivity index (χ0v) is 9.35. The number of ether oxygens (including phenoxy) is 1. The van der Waals surface area contributed by atoms with E-state index in [4.69, 9.17) is 10.5 Å². The minimum atomic E-state index is -0.0719. The van der Waals surface area contributed by atoms with Crippen molar-refractivity contribution in [1.29, 1.82) is 0 Å². The first-order valence-electron chi connectivity index (χ1n) is 5.22. The highest BCUT2D eigenvalue weighted by Gasteiger charge is 2.16. The molecule has 0 spiro atoms.